The first-order valence-electron chi connectivity index (χ1n) is 6.12. The summed E-state index contributed by atoms with van der Waals surface area (Å²) in [5, 5.41) is 3.44. The third kappa shape index (κ3) is 3.97. The Morgan fingerprint density at radius 2 is 2.00 bits per heavy atom. The molecule has 0 saturated carbocycles. The van der Waals surface area contributed by atoms with E-state index in [4.69, 9.17) is 15.9 Å². The van der Waals surface area contributed by atoms with E-state index in [0.717, 1.165) is 36.4 Å². The second kappa shape index (κ2) is 7.62. The zero-order valence-electron chi connectivity index (χ0n) is 11.3. The average Bonchev–Trinajstić information content (AvgIpc) is 2.42. The van der Waals surface area contributed by atoms with Gasteiger partial charge < -0.3 is 14.8 Å². The standard InChI is InChI=1S/C15H21NO2/c1-5-7-13(6-2)16-11-12-8-9-14(17-3)15(10-12)18-4/h1,8-10,13,16H,6-7,11H2,2-4H3. The van der Waals surface area contributed by atoms with Crippen LogP contribution >= 0.6 is 0 Å². The summed E-state index contributed by atoms with van der Waals surface area (Å²) in [6.45, 7) is 2.91. The predicted octanol–water partition coefficient (Wildman–Crippen LogP) is 2.60. The Kier molecular flexibility index (Phi) is 6.10. The van der Waals surface area contributed by atoms with Gasteiger partial charge in [-0.1, -0.05) is 13.0 Å². The Labute approximate surface area is 109 Å². The van der Waals surface area contributed by atoms with Gasteiger partial charge in [0.15, 0.2) is 11.5 Å². The summed E-state index contributed by atoms with van der Waals surface area (Å²) in [7, 11) is 3.28. The molecular weight excluding hydrogens is 226 g/mol. The van der Waals surface area contributed by atoms with Gasteiger partial charge in [0.1, 0.15) is 0 Å². The van der Waals surface area contributed by atoms with Crippen molar-refractivity contribution in [3.63, 3.8) is 0 Å². The summed E-state index contributed by atoms with van der Waals surface area (Å²) in [5.74, 6) is 4.19. The van der Waals surface area contributed by atoms with Crippen molar-refractivity contribution in [3.8, 4) is 23.8 Å². The summed E-state index contributed by atoms with van der Waals surface area (Å²) in [5.41, 5.74) is 1.16. The molecule has 0 aliphatic heterocycles. The second-order valence-electron chi connectivity index (χ2n) is 4.08. The van der Waals surface area contributed by atoms with Crippen LogP contribution in [-0.2, 0) is 6.54 Å². The van der Waals surface area contributed by atoms with Gasteiger partial charge in [0.25, 0.3) is 0 Å². The maximum Gasteiger partial charge on any atom is 0.161 e. The smallest absolute Gasteiger partial charge is 0.161 e. The van der Waals surface area contributed by atoms with Crippen LogP contribution in [0.25, 0.3) is 0 Å². The lowest BCUT2D eigenvalue weighted by Gasteiger charge is -2.15. The Morgan fingerprint density at radius 3 is 2.56 bits per heavy atom. The molecule has 98 valence electrons. The number of methoxy groups -OCH3 is 2. The van der Waals surface area contributed by atoms with E-state index >= 15 is 0 Å². The number of ether oxygens (including phenoxy) is 2. The molecule has 1 rings (SSSR count). The van der Waals surface area contributed by atoms with E-state index in [-0.39, 0.29) is 0 Å². The van der Waals surface area contributed by atoms with Gasteiger partial charge in [-0.25, -0.2) is 0 Å². The van der Waals surface area contributed by atoms with Gasteiger partial charge >= 0.3 is 0 Å². The van der Waals surface area contributed by atoms with Crippen LogP contribution in [0.3, 0.4) is 0 Å². The first kappa shape index (κ1) is 14.4. The molecule has 0 radical (unpaired) electrons. The fraction of sp³-hybridized carbons (Fsp3) is 0.467. The highest BCUT2D eigenvalue weighted by molar-refractivity contribution is 5.42. The van der Waals surface area contributed by atoms with Crippen molar-refractivity contribution in [1.29, 1.82) is 0 Å². The summed E-state index contributed by atoms with van der Waals surface area (Å²) >= 11 is 0. The van der Waals surface area contributed by atoms with Crippen LogP contribution in [0, 0.1) is 12.3 Å². The molecule has 0 spiro atoms. The Bertz CT molecular complexity index is 409. The fourth-order valence-corrected chi connectivity index (χ4v) is 1.76. The van der Waals surface area contributed by atoms with Crippen molar-refractivity contribution in [3.05, 3.63) is 23.8 Å². The van der Waals surface area contributed by atoms with Gasteiger partial charge in [-0.2, -0.15) is 0 Å². The highest BCUT2D eigenvalue weighted by Gasteiger charge is 2.07. The van der Waals surface area contributed by atoms with Crippen LogP contribution in [0.4, 0.5) is 0 Å². The molecule has 0 saturated heterocycles. The molecule has 3 nitrogen and oxygen atoms in total. The Balaban J connectivity index is 2.65. The van der Waals surface area contributed by atoms with E-state index < -0.39 is 0 Å². The first-order chi connectivity index (χ1) is 8.74. The Morgan fingerprint density at radius 1 is 1.28 bits per heavy atom. The van der Waals surface area contributed by atoms with E-state index in [9.17, 15) is 0 Å². The molecule has 1 aromatic carbocycles. The van der Waals surface area contributed by atoms with E-state index in [1.54, 1.807) is 14.2 Å². The molecule has 0 amide bonds. The molecule has 0 fully saturated rings. The van der Waals surface area contributed by atoms with Crippen LogP contribution in [0.1, 0.15) is 25.3 Å². The minimum Gasteiger partial charge on any atom is -0.493 e. The third-order valence-corrected chi connectivity index (χ3v) is 2.90. The molecule has 1 aromatic rings. The molecular formula is C15H21NO2. The Hall–Kier alpha value is -1.66. The van der Waals surface area contributed by atoms with Gasteiger partial charge in [0.2, 0.25) is 0 Å². The third-order valence-electron chi connectivity index (χ3n) is 2.90. The number of hydrogen-bond acceptors (Lipinski definition) is 3. The zero-order chi connectivity index (χ0) is 13.4. The molecule has 0 aliphatic carbocycles. The van der Waals surface area contributed by atoms with Gasteiger partial charge in [0.05, 0.1) is 14.2 Å². The number of rotatable bonds is 7. The largest absolute Gasteiger partial charge is 0.493 e. The topological polar surface area (TPSA) is 30.5 Å². The predicted molar refractivity (Wildman–Crippen MR) is 73.9 cm³/mol. The lowest BCUT2D eigenvalue weighted by molar-refractivity contribution is 0.354. The lowest BCUT2D eigenvalue weighted by atomic mass is 10.1. The van der Waals surface area contributed by atoms with Crippen molar-refractivity contribution in [2.75, 3.05) is 14.2 Å². The van der Waals surface area contributed by atoms with Crippen molar-refractivity contribution in [2.24, 2.45) is 0 Å². The average molecular weight is 247 g/mol. The summed E-state index contributed by atoms with van der Waals surface area (Å²) in [4.78, 5) is 0. The zero-order valence-corrected chi connectivity index (χ0v) is 11.3. The molecule has 0 aromatic heterocycles. The van der Waals surface area contributed by atoms with Crippen LogP contribution < -0.4 is 14.8 Å². The van der Waals surface area contributed by atoms with E-state index in [1.165, 1.54) is 0 Å². The molecule has 3 heteroatoms. The monoisotopic (exact) mass is 247 g/mol. The molecule has 0 aliphatic rings. The van der Waals surface area contributed by atoms with Crippen LogP contribution in [0.5, 0.6) is 11.5 Å². The first-order valence-corrected chi connectivity index (χ1v) is 6.12. The number of hydrogen-bond donors (Lipinski definition) is 1. The van der Waals surface area contributed by atoms with Gasteiger partial charge in [0, 0.05) is 19.0 Å². The van der Waals surface area contributed by atoms with E-state index in [0.29, 0.717) is 6.04 Å². The SMILES string of the molecule is C#CCC(CC)NCc1ccc(OC)c(OC)c1. The highest BCUT2D eigenvalue weighted by atomic mass is 16.5. The summed E-state index contributed by atoms with van der Waals surface area (Å²) in [6.07, 6.45) is 7.11. The number of benzene rings is 1. The molecule has 18 heavy (non-hydrogen) atoms. The van der Waals surface area contributed by atoms with Gasteiger partial charge in [-0.15, -0.1) is 12.3 Å². The van der Waals surface area contributed by atoms with Gasteiger partial charge in [-0.3, -0.25) is 0 Å². The highest BCUT2D eigenvalue weighted by Crippen LogP contribution is 2.27. The van der Waals surface area contributed by atoms with Crippen molar-refractivity contribution < 1.29 is 9.47 Å². The molecule has 1 N–H and O–H groups in total. The minimum atomic E-state index is 0.364. The van der Waals surface area contributed by atoms with Crippen molar-refractivity contribution >= 4 is 0 Å². The summed E-state index contributed by atoms with van der Waals surface area (Å²) < 4.78 is 10.5. The maximum atomic E-state index is 5.33. The summed E-state index contributed by atoms with van der Waals surface area (Å²) in [6, 6.07) is 6.28. The fourth-order valence-electron chi connectivity index (χ4n) is 1.76. The number of nitrogens with one attached hydrogen (secondary N) is 1. The van der Waals surface area contributed by atoms with Gasteiger partial charge in [-0.05, 0) is 24.1 Å². The molecule has 1 unspecified atom stereocenters. The van der Waals surface area contributed by atoms with E-state index in [1.807, 2.05) is 18.2 Å². The minimum absolute atomic E-state index is 0.364. The lowest BCUT2D eigenvalue weighted by Crippen LogP contribution is -2.27. The maximum absolute atomic E-state index is 5.33. The normalized spacial score (nSPS) is 11.7. The molecule has 0 bridgehead atoms. The van der Waals surface area contributed by atoms with Crippen LogP contribution in [0.15, 0.2) is 18.2 Å². The van der Waals surface area contributed by atoms with Crippen LogP contribution in [0.2, 0.25) is 0 Å². The second-order valence-corrected chi connectivity index (χ2v) is 4.08. The van der Waals surface area contributed by atoms with Crippen LogP contribution in [-0.4, -0.2) is 20.3 Å². The number of terminal acetylenes is 1. The molecule has 0 heterocycles. The molecule has 1 atom stereocenters. The van der Waals surface area contributed by atoms with Crippen molar-refractivity contribution in [1.82, 2.24) is 5.32 Å². The van der Waals surface area contributed by atoms with Crippen molar-refractivity contribution in [2.45, 2.75) is 32.4 Å². The van der Waals surface area contributed by atoms with E-state index in [2.05, 4.69) is 18.2 Å². The quantitative estimate of drug-likeness (QED) is 0.751.